The van der Waals surface area contributed by atoms with Crippen molar-refractivity contribution in [3.63, 3.8) is 0 Å². The smallest absolute Gasteiger partial charge is 0.449 e. The summed E-state index contributed by atoms with van der Waals surface area (Å²) in [4.78, 5) is 11.7. The van der Waals surface area contributed by atoms with Crippen molar-refractivity contribution < 1.29 is 26.4 Å². The molecule has 11 heteroatoms. The number of nitrogens with zero attached hydrogens (tertiary/aromatic N) is 3. The largest absolute Gasteiger partial charge is 0.453 e. The topological polar surface area (TPSA) is 71.8 Å². The second kappa shape index (κ2) is 6.63. The van der Waals surface area contributed by atoms with E-state index in [9.17, 15) is 26.7 Å². The number of alkyl halides is 6. The molecule has 2 aromatic carbocycles. The second-order valence-electron chi connectivity index (χ2n) is 6.21. The lowest BCUT2D eigenvalue weighted by Crippen LogP contribution is -2.23. The summed E-state index contributed by atoms with van der Waals surface area (Å²) in [5, 5.41) is 8.76. The van der Waals surface area contributed by atoms with Crippen LogP contribution in [-0.4, -0.2) is 9.55 Å². The third-order valence-corrected chi connectivity index (χ3v) is 4.68. The van der Waals surface area contributed by atoms with Crippen LogP contribution < -0.4 is 5.43 Å². The van der Waals surface area contributed by atoms with Crippen molar-refractivity contribution in [2.45, 2.75) is 11.1 Å². The Morgan fingerprint density at radius 2 is 1.73 bits per heavy atom. The third-order valence-electron chi connectivity index (χ3n) is 4.33. The Hall–Kier alpha value is -3.26. The summed E-state index contributed by atoms with van der Waals surface area (Å²) in [7, 11) is 0. The van der Waals surface area contributed by atoms with E-state index in [-0.39, 0.29) is 21.3 Å². The molecular weight excluding hydrogens is 477 g/mol. The minimum Gasteiger partial charge on any atom is -0.453 e. The predicted molar refractivity (Wildman–Crippen MR) is 100 cm³/mol. The fourth-order valence-electron chi connectivity index (χ4n) is 3.05. The van der Waals surface area contributed by atoms with Gasteiger partial charge in [0.2, 0.25) is 5.82 Å². The molecule has 0 unspecified atom stereocenters. The van der Waals surface area contributed by atoms with E-state index >= 15 is 0 Å². The Morgan fingerprint density at radius 3 is 2.30 bits per heavy atom. The first-order chi connectivity index (χ1) is 14.0. The lowest BCUT2D eigenvalue weighted by atomic mass is 10.1. The third kappa shape index (κ3) is 3.23. The van der Waals surface area contributed by atoms with Crippen molar-refractivity contribution in [1.82, 2.24) is 9.55 Å². The number of benzene rings is 2. The highest BCUT2D eigenvalue weighted by Crippen LogP contribution is 2.41. The highest BCUT2D eigenvalue weighted by molar-refractivity contribution is 9.09. The fraction of sp³-hybridized carbons (Fsp3) is 0.105. The molecule has 5 nitrogen and oxygen atoms in total. The highest BCUT2D eigenvalue weighted by Gasteiger charge is 2.44. The van der Waals surface area contributed by atoms with Crippen LogP contribution in [0.25, 0.3) is 33.3 Å². The maximum absolute atomic E-state index is 13.9. The molecule has 152 valence electrons. The van der Waals surface area contributed by atoms with E-state index in [4.69, 9.17) is 9.68 Å². The number of imidazole rings is 1. The maximum atomic E-state index is 13.9. The molecule has 0 atom stereocenters. The lowest BCUT2D eigenvalue weighted by Gasteiger charge is -2.15. The summed E-state index contributed by atoms with van der Waals surface area (Å²) in [5.41, 5.74) is -1.35. The van der Waals surface area contributed by atoms with Gasteiger partial charge in [-0.1, -0.05) is 0 Å². The highest BCUT2D eigenvalue weighted by atomic mass is 79.9. The Morgan fingerprint density at radius 1 is 1.07 bits per heavy atom. The van der Waals surface area contributed by atoms with Crippen LogP contribution in [-0.2, 0) is 11.1 Å². The van der Waals surface area contributed by atoms with Crippen molar-refractivity contribution in [3.05, 3.63) is 64.1 Å². The second-order valence-corrected chi connectivity index (χ2v) is 7.16. The number of aromatic nitrogens is 2. The average molecular weight is 484 g/mol. The van der Waals surface area contributed by atoms with Gasteiger partial charge in [-0.3, -0.25) is 4.79 Å². The van der Waals surface area contributed by atoms with Crippen molar-refractivity contribution >= 4 is 37.9 Å². The zero-order chi connectivity index (χ0) is 21.8. The lowest BCUT2D eigenvalue weighted by molar-refractivity contribution is -0.153. The first-order valence-corrected chi connectivity index (χ1v) is 8.94. The summed E-state index contributed by atoms with van der Waals surface area (Å²) in [5.74, 6) is -1.86. The number of nitriles is 1. The molecule has 0 amide bonds. The van der Waals surface area contributed by atoms with Gasteiger partial charge < -0.3 is 4.42 Å². The molecule has 0 N–H and O–H groups in total. The molecule has 0 radical (unpaired) electrons. The predicted octanol–water partition coefficient (Wildman–Crippen LogP) is 5.60. The zero-order valence-corrected chi connectivity index (χ0v) is 16.1. The Labute approximate surface area is 172 Å². The summed E-state index contributed by atoms with van der Waals surface area (Å²) in [6.07, 6.45) is -5.19. The van der Waals surface area contributed by atoms with Crippen LogP contribution in [0.3, 0.4) is 0 Å². The number of hydrogen-bond donors (Lipinski definition) is 0. The number of fused-ring (bicyclic) bond motifs is 3. The van der Waals surface area contributed by atoms with Crippen molar-refractivity contribution in [2.24, 2.45) is 0 Å². The Balaban J connectivity index is 2.08. The molecule has 0 saturated heterocycles. The van der Waals surface area contributed by atoms with E-state index in [0.29, 0.717) is 11.1 Å². The van der Waals surface area contributed by atoms with E-state index in [0.717, 1.165) is 18.2 Å². The molecule has 0 aliphatic carbocycles. The minimum atomic E-state index is -5.19. The zero-order valence-electron chi connectivity index (χ0n) is 14.5. The molecule has 4 rings (SSSR count). The van der Waals surface area contributed by atoms with Crippen LogP contribution in [0.1, 0.15) is 11.4 Å². The molecule has 0 spiro atoms. The molecule has 0 fully saturated rings. The van der Waals surface area contributed by atoms with Gasteiger partial charge in [0.15, 0.2) is 11.0 Å². The summed E-state index contributed by atoms with van der Waals surface area (Å²) < 4.78 is 73.2. The first kappa shape index (κ1) is 20.0. The fourth-order valence-corrected chi connectivity index (χ4v) is 3.41. The molecule has 0 saturated carbocycles. The van der Waals surface area contributed by atoms with E-state index in [1.54, 1.807) is 0 Å². The van der Waals surface area contributed by atoms with Crippen molar-refractivity contribution in [3.8, 4) is 17.4 Å². The van der Waals surface area contributed by atoms with E-state index in [1.165, 1.54) is 24.3 Å². The number of hydrogen-bond acceptors (Lipinski definition) is 4. The van der Waals surface area contributed by atoms with Crippen LogP contribution in [0.15, 0.2) is 51.7 Å². The standard InChI is InChI=1S/C19H7BrF5N3O2/c20-19(24,25)28-12-6-5-11-13(29)7-14(10-3-1-9(8-26)2-4-10)30-16(11)15(12)27-17(28)18(21,22)23/h1-7H. The van der Waals surface area contributed by atoms with Crippen LogP contribution in [0, 0.1) is 11.3 Å². The van der Waals surface area contributed by atoms with E-state index in [1.807, 2.05) is 22.0 Å². The van der Waals surface area contributed by atoms with Gasteiger partial charge in [0.1, 0.15) is 11.3 Å². The van der Waals surface area contributed by atoms with Crippen molar-refractivity contribution in [1.29, 1.82) is 5.26 Å². The van der Waals surface area contributed by atoms with E-state index < -0.39 is 33.4 Å². The molecule has 0 aliphatic heterocycles. The minimum absolute atomic E-state index is 0.0156. The van der Waals surface area contributed by atoms with Gasteiger partial charge in [-0.2, -0.15) is 27.2 Å². The monoisotopic (exact) mass is 483 g/mol. The first-order valence-electron chi connectivity index (χ1n) is 8.15. The van der Waals surface area contributed by atoms with Gasteiger partial charge in [0.25, 0.3) is 0 Å². The molecule has 0 aliphatic rings. The molecular formula is C19H7BrF5N3O2. The van der Waals surface area contributed by atoms with Crippen LogP contribution in [0.5, 0.6) is 0 Å². The quantitative estimate of drug-likeness (QED) is 0.274. The summed E-state index contributed by atoms with van der Waals surface area (Å²) >= 11 is 1.94. The SMILES string of the molecule is N#Cc1ccc(-c2cc(=O)c3ccc4c(nc(C(F)(F)F)n4C(F)(F)Br)c3o2)cc1. The molecule has 2 aromatic heterocycles. The molecule has 0 bridgehead atoms. The van der Waals surface area contributed by atoms with Gasteiger partial charge in [0.05, 0.1) is 22.5 Å². The van der Waals surface area contributed by atoms with Gasteiger partial charge in [0, 0.05) is 27.6 Å². The summed E-state index contributed by atoms with van der Waals surface area (Å²) in [6, 6.07) is 11.0. The molecule has 30 heavy (non-hydrogen) atoms. The van der Waals surface area contributed by atoms with Crippen LogP contribution in [0.2, 0.25) is 0 Å². The molecule has 2 heterocycles. The van der Waals surface area contributed by atoms with Gasteiger partial charge >= 0.3 is 11.1 Å². The number of rotatable bonds is 2. The normalized spacial score (nSPS) is 12.4. The van der Waals surface area contributed by atoms with Crippen LogP contribution in [0.4, 0.5) is 22.0 Å². The van der Waals surface area contributed by atoms with Crippen molar-refractivity contribution in [2.75, 3.05) is 0 Å². The van der Waals surface area contributed by atoms with Gasteiger partial charge in [-0.05, 0) is 36.4 Å². The maximum Gasteiger partial charge on any atom is 0.449 e. The molecule has 4 aromatic rings. The van der Waals surface area contributed by atoms with E-state index in [2.05, 4.69) is 4.98 Å². The Kier molecular flexibility index (Phi) is 4.43. The summed E-state index contributed by atoms with van der Waals surface area (Å²) in [6.45, 7) is 0. The number of halogens is 6. The van der Waals surface area contributed by atoms with Gasteiger partial charge in [-0.15, -0.1) is 0 Å². The van der Waals surface area contributed by atoms with Gasteiger partial charge in [-0.25, -0.2) is 9.55 Å². The average Bonchev–Trinajstić information content (AvgIpc) is 3.09. The van der Waals surface area contributed by atoms with Crippen LogP contribution >= 0.6 is 15.9 Å². The Bertz CT molecular complexity index is 1390.